The fourth-order valence-corrected chi connectivity index (χ4v) is 3.46. The zero-order valence-electron chi connectivity index (χ0n) is 15.1. The smallest absolute Gasteiger partial charge is 0.339 e. The molecule has 0 saturated heterocycles. The molecule has 1 aromatic heterocycles. The van der Waals surface area contributed by atoms with Gasteiger partial charge in [0, 0.05) is 17.0 Å². The molecule has 0 spiro atoms. The Morgan fingerprint density at radius 3 is 2.50 bits per heavy atom. The van der Waals surface area contributed by atoms with Crippen molar-refractivity contribution in [2.75, 3.05) is 13.2 Å². The summed E-state index contributed by atoms with van der Waals surface area (Å²) < 4.78 is 5.18. The fourth-order valence-electron chi connectivity index (χ4n) is 2.75. The Morgan fingerprint density at radius 1 is 1.00 bits per heavy atom. The van der Waals surface area contributed by atoms with Crippen LogP contribution in [-0.4, -0.2) is 25.0 Å². The Morgan fingerprint density at radius 2 is 1.75 bits per heavy atom. The first-order chi connectivity index (χ1) is 13.7. The number of carbonyl (C=O) groups excluding carboxylic acids is 2. The molecule has 1 N–H and O–H groups in total. The first kappa shape index (κ1) is 19.3. The van der Waals surface area contributed by atoms with E-state index in [1.165, 1.54) is 4.88 Å². The fraction of sp³-hybridized carbons (Fsp3) is 0.136. The Bertz CT molecular complexity index is 1010. The van der Waals surface area contributed by atoms with Crippen LogP contribution < -0.4 is 5.32 Å². The number of nitriles is 1. The Labute approximate surface area is 167 Å². The zero-order chi connectivity index (χ0) is 19.8. The van der Waals surface area contributed by atoms with E-state index in [4.69, 9.17) is 4.74 Å². The molecule has 3 aromatic rings. The van der Waals surface area contributed by atoms with Crippen LogP contribution in [0.3, 0.4) is 0 Å². The van der Waals surface area contributed by atoms with Crippen LogP contribution in [0.2, 0.25) is 0 Å². The lowest BCUT2D eigenvalue weighted by molar-refractivity contribution is -0.124. The summed E-state index contributed by atoms with van der Waals surface area (Å²) in [5, 5.41) is 14.0. The molecule has 0 atom stereocenters. The highest BCUT2D eigenvalue weighted by Gasteiger charge is 2.17. The number of hydrogen-bond acceptors (Lipinski definition) is 5. The molecule has 0 bridgehead atoms. The van der Waals surface area contributed by atoms with E-state index in [0.717, 1.165) is 6.42 Å². The van der Waals surface area contributed by atoms with Gasteiger partial charge in [-0.3, -0.25) is 4.79 Å². The third-order valence-electron chi connectivity index (χ3n) is 4.09. The standard InChI is InChI=1S/C22H18N2O3S/c23-14-16-6-1-2-8-18(16)19-9-3-4-10-20(19)22(26)27-15-21(25)24-12-11-17-7-5-13-28-17/h1-10,13H,11-12,15H2,(H,24,25). The van der Waals surface area contributed by atoms with Crippen molar-refractivity contribution < 1.29 is 14.3 Å². The Hall–Kier alpha value is -3.43. The number of carbonyl (C=O) groups is 2. The number of nitrogens with zero attached hydrogens (tertiary/aromatic N) is 1. The second kappa shape index (κ2) is 9.49. The minimum atomic E-state index is -0.600. The number of nitrogens with one attached hydrogen (secondary N) is 1. The van der Waals surface area contributed by atoms with Gasteiger partial charge in [-0.2, -0.15) is 5.26 Å². The van der Waals surface area contributed by atoms with E-state index in [2.05, 4.69) is 11.4 Å². The van der Waals surface area contributed by atoms with Crippen LogP contribution >= 0.6 is 11.3 Å². The maximum absolute atomic E-state index is 12.5. The molecule has 0 aliphatic rings. The highest BCUT2D eigenvalue weighted by Crippen LogP contribution is 2.27. The Kier molecular flexibility index (Phi) is 6.55. The molecule has 6 heteroatoms. The van der Waals surface area contributed by atoms with Gasteiger partial charge in [0.2, 0.25) is 0 Å². The van der Waals surface area contributed by atoms with Crippen molar-refractivity contribution in [1.29, 1.82) is 5.26 Å². The highest BCUT2D eigenvalue weighted by molar-refractivity contribution is 7.09. The zero-order valence-corrected chi connectivity index (χ0v) is 15.9. The van der Waals surface area contributed by atoms with Gasteiger partial charge in [0.25, 0.3) is 5.91 Å². The molecular formula is C22H18N2O3S. The van der Waals surface area contributed by atoms with Gasteiger partial charge in [-0.15, -0.1) is 11.3 Å². The molecule has 0 aliphatic heterocycles. The van der Waals surface area contributed by atoms with Crippen LogP contribution in [0, 0.1) is 11.3 Å². The molecule has 0 unspecified atom stereocenters. The topological polar surface area (TPSA) is 79.2 Å². The van der Waals surface area contributed by atoms with Gasteiger partial charge in [0.15, 0.2) is 6.61 Å². The molecule has 1 amide bonds. The summed E-state index contributed by atoms with van der Waals surface area (Å²) in [5.41, 5.74) is 2.03. The van der Waals surface area contributed by atoms with Crippen LogP contribution in [0.15, 0.2) is 66.0 Å². The van der Waals surface area contributed by atoms with Gasteiger partial charge in [0.1, 0.15) is 0 Å². The summed E-state index contributed by atoms with van der Waals surface area (Å²) in [5.74, 6) is -0.948. The number of rotatable bonds is 7. The summed E-state index contributed by atoms with van der Waals surface area (Å²) in [6.45, 7) is 0.139. The van der Waals surface area contributed by atoms with E-state index < -0.39 is 5.97 Å². The molecule has 0 saturated carbocycles. The van der Waals surface area contributed by atoms with Gasteiger partial charge < -0.3 is 10.1 Å². The highest BCUT2D eigenvalue weighted by atomic mass is 32.1. The minimum Gasteiger partial charge on any atom is -0.452 e. The van der Waals surface area contributed by atoms with Gasteiger partial charge in [-0.25, -0.2) is 4.79 Å². The predicted molar refractivity (Wildman–Crippen MR) is 108 cm³/mol. The normalized spacial score (nSPS) is 10.1. The quantitative estimate of drug-likeness (QED) is 0.622. The second-order valence-electron chi connectivity index (χ2n) is 5.96. The lowest BCUT2D eigenvalue weighted by Crippen LogP contribution is -2.30. The van der Waals surface area contributed by atoms with Crippen molar-refractivity contribution in [3.63, 3.8) is 0 Å². The van der Waals surface area contributed by atoms with E-state index in [1.54, 1.807) is 59.9 Å². The maximum Gasteiger partial charge on any atom is 0.339 e. The van der Waals surface area contributed by atoms with E-state index in [1.807, 2.05) is 17.5 Å². The predicted octanol–water partition coefficient (Wildman–Crippen LogP) is 3.80. The molecule has 0 radical (unpaired) electrons. The van der Waals surface area contributed by atoms with Crippen molar-refractivity contribution in [3.05, 3.63) is 82.0 Å². The number of benzene rings is 2. The number of esters is 1. The van der Waals surface area contributed by atoms with Crippen molar-refractivity contribution in [2.24, 2.45) is 0 Å². The van der Waals surface area contributed by atoms with Crippen molar-refractivity contribution in [2.45, 2.75) is 6.42 Å². The van der Waals surface area contributed by atoms with Gasteiger partial charge >= 0.3 is 5.97 Å². The lowest BCUT2D eigenvalue weighted by atomic mass is 9.96. The van der Waals surface area contributed by atoms with Crippen molar-refractivity contribution in [1.82, 2.24) is 5.32 Å². The van der Waals surface area contributed by atoms with E-state index >= 15 is 0 Å². The molecule has 28 heavy (non-hydrogen) atoms. The first-order valence-electron chi connectivity index (χ1n) is 8.74. The van der Waals surface area contributed by atoms with Gasteiger partial charge in [-0.05, 0) is 35.6 Å². The summed E-state index contributed by atoms with van der Waals surface area (Å²) in [6, 6.07) is 20.0. The summed E-state index contributed by atoms with van der Waals surface area (Å²) in [4.78, 5) is 25.6. The number of hydrogen-bond donors (Lipinski definition) is 1. The number of ether oxygens (including phenoxy) is 1. The first-order valence-corrected chi connectivity index (χ1v) is 9.61. The van der Waals surface area contributed by atoms with Crippen LogP contribution in [0.1, 0.15) is 20.8 Å². The molecular weight excluding hydrogens is 372 g/mol. The molecule has 3 rings (SSSR count). The molecule has 0 aliphatic carbocycles. The van der Waals surface area contributed by atoms with Crippen LogP contribution in [0.4, 0.5) is 0 Å². The average Bonchev–Trinajstić information content (AvgIpc) is 3.25. The molecule has 5 nitrogen and oxygen atoms in total. The second-order valence-corrected chi connectivity index (χ2v) is 6.99. The average molecular weight is 390 g/mol. The third-order valence-corrected chi connectivity index (χ3v) is 5.03. The van der Waals surface area contributed by atoms with Gasteiger partial charge in [-0.1, -0.05) is 42.5 Å². The van der Waals surface area contributed by atoms with E-state index in [0.29, 0.717) is 28.8 Å². The summed E-state index contributed by atoms with van der Waals surface area (Å²) in [6.07, 6.45) is 0.741. The van der Waals surface area contributed by atoms with Gasteiger partial charge in [0.05, 0.1) is 17.2 Å². The van der Waals surface area contributed by atoms with Crippen LogP contribution in [0.25, 0.3) is 11.1 Å². The molecule has 2 aromatic carbocycles. The molecule has 140 valence electrons. The SMILES string of the molecule is N#Cc1ccccc1-c1ccccc1C(=O)OCC(=O)NCCc1cccs1. The third kappa shape index (κ3) is 4.84. The van der Waals surface area contributed by atoms with E-state index in [9.17, 15) is 14.9 Å². The maximum atomic E-state index is 12.5. The summed E-state index contributed by atoms with van der Waals surface area (Å²) in [7, 11) is 0. The lowest BCUT2D eigenvalue weighted by Gasteiger charge is -2.11. The van der Waals surface area contributed by atoms with Crippen molar-refractivity contribution in [3.8, 4) is 17.2 Å². The van der Waals surface area contributed by atoms with Crippen LogP contribution in [0.5, 0.6) is 0 Å². The summed E-state index contributed by atoms with van der Waals surface area (Å²) >= 11 is 1.63. The van der Waals surface area contributed by atoms with Crippen molar-refractivity contribution >= 4 is 23.2 Å². The minimum absolute atomic E-state index is 0.316. The van der Waals surface area contributed by atoms with Crippen LogP contribution in [-0.2, 0) is 16.0 Å². The Balaban J connectivity index is 1.62. The monoisotopic (exact) mass is 390 g/mol. The van der Waals surface area contributed by atoms with E-state index in [-0.39, 0.29) is 12.5 Å². The largest absolute Gasteiger partial charge is 0.452 e. The molecule has 0 fully saturated rings. The number of thiophene rings is 1. The molecule has 1 heterocycles. The number of amides is 1.